The van der Waals surface area contributed by atoms with E-state index in [-0.39, 0.29) is 53.2 Å². The normalized spacial score (nSPS) is 23.9. The monoisotopic (exact) mass is 506 g/mol. The van der Waals surface area contributed by atoms with Crippen LogP contribution in [0.4, 0.5) is 10.7 Å². The molecule has 0 saturated carbocycles. The fraction of sp³-hybridized carbons (Fsp3) is 0.438. The molecule has 0 bridgehead atoms. The number of nitrogens with zero attached hydrogens (tertiary/aromatic N) is 5. The molecule has 0 aromatic carbocycles. The third kappa shape index (κ3) is 5.18. The number of hydrogen-bond donors (Lipinski definition) is 4. The molecule has 34 heavy (non-hydrogen) atoms. The van der Waals surface area contributed by atoms with Gasteiger partial charge in [0.2, 0.25) is 13.7 Å². The topological polar surface area (TPSA) is 225 Å². The predicted molar refractivity (Wildman–Crippen MR) is 108 cm³/mol. The SMILES string of the molecule is COC(=O)NC[C@H]1[C@@H](O)[C@H](n2cnc3c(=O)[nH]c(N)nc32)O[C@@H]1COP(=O)([O-])n1ccnc1.[Na+]. The number of imidazole rings is 2. The van der Waals surface area contributed by atoms with Gasteiger partial charge < -0.3 is 35.0 Å². The van der Waals surface area contributed by atoms with Gasteiger partial charge in [0.05, 0.1) is 26.1 Å². The Kier molecular flexibility index (Phi) is 8.15. The molecule has 1 aliphatic rings. The van der Waals surface area contributed by atoms with E-state index in [1.807, 2.05) is 0 Å². The molecule has 1 aliphatic heterocycles. The average molecular weight is 506 g/mol. The Morgan fingerprint density at radius 2 is 2.24 bits per heavy atom. The number of aromatic nitrogens is 6. The Balaban J connectivity index is 0.00000324. The van der Waals surface area contributed by atoms with Crippen molar-refractivity contribution in [3.8, 4) is 0 Å². The maximum Gasteiger partial charge on any atom is 1.00 e. The molecule has 1 fully saturated rings. The summed E-state index contributed by atoms with van der Waals surface area (Å²) in [6.07, 6.45) is 0.587. The summed E-state index contributed by atoms with van der Waals surface area (Å²) in [6, 6.07) is 0. The van der Waals surface area contributed by atoms with Gasteiger partial charge in [-0.15, -0.1) is 0 Å². The number of carbonyl (C=O) groups excluding carboxylic acids is 1. The minimum atomic E-state index is -4.53. The van der Waals surface area contributed by atoms with Crippen molar-refractivity contribution in [1.82, 2.24) is 34.2 Å². The quantitative estimate of drug-likeness (QED) is 0.175. The van der Waals surface area contributed by atoms with E-state index in [0.29, 0.717) is 0 Å². The Labute approximate surface area is 213 Å². The molecule has 1 saturated heterocycles. The molecule has 3 aromatic heterocycles. The molecule has 0 aliphatic carbocycles. The summed E-state index contributed by atoms with van der Waals surface area (Å²) in [5.74, 6) is -0.994. The number of carbonyl (C=O) groups is 1. The third-order valence-corrected chi connectivity index (χ3v) is 6.37. The second kappa shape index (κ2) is 10.5. The standard InChI is InChI=1S/C16H21N8O8P.Na/c1-30-16(27)19-4-8-9(5-31-33(28,29)23-3-2-18-6-23)32-14(11(8)25)24-7-20-10-12(24)21-15(17)22-13(10)26;/h2-3,6-9,11,14,25H,4-5H2,1H3,(H,19,27)(H,28,29)(H3,17,21,22,26);/q;+1/p-1/t8-,9-,11-,14-;/m1./s1. The summed E-state index contributed by atoms with van der Waals surface area (Å²) in [5.41, 5.74) is 5.05. The zero-order chi connectivity index (χ0) is 23.8. The van der Waals surface area contributed by atoms with Crippen LogP contribution in [0, 0.1) is 5.92 Å². The van der Waals surface area contributed by atoms with Gasteiger partial charge in [-0.2, -0.15) is 4.98 Å². The summed E-state index contributed by atoms with van der Waals surface area (Å²) in [7, 11) is -3.36. The first kappa shape index (κ1) is 26.3. The number of hydrogen-bond acceptors (Lipinski definition) is 12. The summed E-state index contributed by atoms with van der Waals surface area (Å²) in [5, 5.41) is 13.4. The number of alkyl carbamates (subject to hydrolysis) is 1. The summed E-state index contributed by atoms with van der Waals surface area (Å²) >= 11 is 0. The first-order valence-electron chi connectivity index (χ1n) is 9.53. The van der Waals surface area contributed by atoms with Gasteiger partial charge in [0.15, 0.2) is 17.4 Å². The van der Waals surface area contributed by atoms with Crippen molar-refractivity contribution in [3.63, 3.8) is 0 Å². The molecule has 1 amide bonds. The Bertz CT molecular complexity index is 1250. The maximum atomic E-state index is 12.4. The number of nitrogen functional groups attached to an aromatic ring is 1. The van der Waals surface area contributed by atoms with Gasteiger partial charge in [-0.1, -0.05) is 0 Å². The summed E-state index contributed by atoms with van der Waals surface area (Å²) < 4.78 is 29.9. The number of aliphatic hydroxyl groups is 1. The zero-order valence-corrected chi connectivity index (χ0v) is 21.0. The van der Waals surface area contributed by atoms with E-state index in [9.17, 15) is 24.2 Å². The minimum Gasteiger partial charge on any atom is -0.761 e. The van der Waals surface area contributed by atoms with E-state index in [1.54, 1.807) is 0 Å². The number of nitrogens with two attached hydrogens (primary N) is 1. The molecule has 5 N–H and O–H groups in total. The van der Waals surface area contributed by atoms with E-state index < -0.39 is 50.4 Å². The van der Waals surface area contributed by atoms with E-state index in [0.717, 1.165) is 10.7 Å². The second-order valence-electron chi connectivity index (χ2n) is 7.07. The molecule has 3 aromatic rings. The number of fused-ring (bicyclic) bond motifs is 1. The van der Waals surface area contributed by atoms with Crippen molar-refractivity contribution >= 4 is 31.0 Å². The van der Waals surface area contributed by atoms with E-state index in [2.05, 4.69) is 30.0 Å². The van der Waals surface area contributed by atoms with Gasteiger partial charge in [0, 0.05) is 24.9 Å². The minimum absolute atomic E-state index is 0. The number of H-pyrrole nitrogens is 1. The number of anilines is 1. The number of rotatable bonds is 7. The van der Waals surface area contributed by atoms with Crippen LogP contribution in [0.1, 0.15) is 6.23 Å². The maximum absolute atomic E-state index is 12.4. The first-order valence-corrected chi connectivity index (χ1v) is 11.0. The van der Waals surface area contributed by atoms with E-state index in [4.69, 9.17) is 15.0 Å². The molecule has 18 heteroatoms. The van der Waals surface area contributed by atoms with Gasteiger partial charge in [0.25, 0.3) is 5.56 Å². The van der Waals surface area contributed by atoms with Gasteiger partial charge in [0.1, 0.15) is 12.4 Å². The fourth-order valence-corrected chi connectivity index (χ4v) is 4.35. The number of ether oxygens (including phenoxy) is 2. The van der Waals surface area contributed by atoms with Gasteiger partial charge in [-0.25, -0.2) is 14.8 Å². The fourth-order valence-electron chi connectivity index (χ4n) is 3.47. The molecule has 0 radical (unpaired) electrons. The van der Waals surface area contributed by atoms with Crippen molar-refractivity contribution in [2.75, 3.05) is 26.0 Å². The van der Waals surface area contributed by atoms with Gasteiger partial charge >= 0.3 is 35.7 Å². The Morgan fingerprint density at radius 1 is 1.47 bits per heavy atom. The zero-order valence-electron chi connectivity index (χ0n) is 18.1. The van der Waals surface area contributed by atoms with Crippen molar-refractivity contribution < 1.29 is 62.9 Å². The molecular formula is C16H20N8NaO8P. The number of amides is 1. The molecule has 4 heterocycles. The van der Waals surface area contributed by atoms with Crippen molar-refractivity contribution in [1.29, 1.82) is 0 Å². The number of aliphatic hydroxyl groups excluding tert-OH is 1. The van der Waals surface area contributed by atoms with Crippen LogP contribution in [-0.4, -0.2) is 72.5 Å². The molecule has 16 nitrogen and oxygen atoms in total. The average Bonchev–Trinajstić information content (AvgIpc) is 3.50. The molecule has 178 valence electrons. The van der Waals surface area contributed by atoms with Crippen molar-refractivity contribution in [3.05, 3.63) is 35.4 Å². The van der Waals surface area contributed by atoms with Gasteiger partial charge in [-0.3, -0.25) is 23.2 Å². The van der Waals surface area contributed by atoms with Crippen LogP contribution in [-0.2, 0) is 18.6 Å². The predicted octanol–water partition coefficient (Wildman–Crippen LogP) is -4.83. The Hall–Kier alpha value is -2.30. The van der Waals surface area contributed by atoms with E-state index >= 15 is 0 Å². The smallest absolute Gasteiger partial charge is 0.761 e. The number of nitrogens with one attached hydrogen (secondary N) is 2. The number of methoxy groups -OCH3 is 1. The molecular weight excluding hydrogens is 486 g/mol. The largest absolute Gasteiger partial charge is 1.00 e. The molecule has 5 atom stereocenters. The van der Waals surface area contributed by atoms with Crippen LogP contribution in [0.5, 0.6) is 0 Å². The van der Waals surface area contributed by atoms with Crippen LogP contribution in [0.2, 0.25) is 0 Å². The summed E-state index contributed by atoms with van der Waals surface area (Å²) in [4.78, 5) is 50.0. The number of aromatic amines is 1. The van der Waals surface area contributed by atoms with Crippen molar-refractivity contribution in [2.45, 2.75) is 18.4 Å². The molecule has 0 spiro atoms. The third-order valence-electron chi connectivity index (χ3n) is 5.09. The van der Waals surface area contributed by atoms with Gasteiger partial charge in [-0.05, 0) is 0 Å². The Morgan fingerprint density at radius 3 is 2.91 bits per heavy atom. The molecule has 4 rings (SSSR count). The van der Waals surface area contributed by atoms with Crippen LogP contribution < -0.4 is 51.1 Å². The van der Waals surface area contributed by atoms with Crippen molar-refractivity contribution in [2.24, 2.45) is 5.92 Å². The van der Waals surface area contributed by atoms with Crippen LogP contribution in [0.15, 0.2) is 29.8 Å². The van der Waals surface area contributed by atoms with Crippen LogP contribution >= 0.6 is 7.75 Å². The van der Waals surface area contributed by atoms with E-state index in [1.165, 1.54) is 30.4 Å². The molecule has 1 unspecified atom stereocenters. The van der Waals surface area contributed by atoms with Crippen LogP contribution in [0.3, 0.4) is 0 Å². The second-order valence-corrected chi connectivity index (χ2v) is 8.73. The summed E-state index contributed by atoms with van der Waals surface area (Å²) in [6.45, 7) is -0.613. The first-order chi connectivity index (χ1) is 15.7. The van der Waals surface area contributed by atoms with Crippen LogP contribution in [0.25, 0.3) is 11.2 Å².